The molecule has 0 spiro atoms. The van der Waals surface area contributed by atoms with E-state index in [1.165, 1.54) is 6.07 Å². The largest absolute Gasteiger partial charge is 0.418 e. The molecule has 8 aromatic rings. The molecule has 0 N–H and O–H groups in total. The highest BCUT2D eigenvalue weighted by Crippen LogP contribution is 2.46. The van der Waals surface area contributed by atoms with E-state index >= 15 is 13.2 Å². The Balaban J connectivity index is 1.65. The average molecular weight is 606 g/mol. The zero-order valence-electron chi connectivity index (χ0n) is 25.0. The minimum Gasteiger partial charge on any atom is -0.307 e. The number of para-hydroxylation sites is 4. The third-order valence-electron chi connectivity index (χ3n) is 8.98. The Morgan fingerprint density at radius 3 is 1.72 bits per heavy atom. The van der Waals surface area contributed by atoms with Gasteiger partial charge in [-0.05, 0) is 72.5 Å². The maximum atomic E-state index is 15.6. The molecular weight excluding hydrogens is 579 g/mol. The van der Waals surface area contributed by atoms with Gasteiger partial charge < -0.3 is 9.13 Å². The van der Waals surface area contributed by atoms with Crippen LogP contribution in [0, 0.1) is 25.2 Å². The number of nitriles is 1. The second-order valence-corrected chi connectivity index (χ2v) is 11.7. The van der Waals surface area contributed by atoms with Gasteiger partial charge >= 0.3 is 6.18 Å². The lowest BCUT2D eigenvalue weighted by Crippen LogP contribution is -2.15. The monoisotopic (exact) mass is 605 g/mol. The lowest BCUT2D eigenvalue weighted by molar-refractivity contribution is -0.137. The van der Waals surface area contributed by atoms with Gasteiger partial charge in [0, 0.05) is 21.5 Å². The van der Waals surface area contributed by atoms with Gasteiger partial charge in [-0.3, -0.25) is 0 Å². The number of benzene rings is 6. The molecule has 222 valence electrons. The summed E-state index contributed by atoms with van der Waals surface area (Å²) in [6.07, 6.45) is -4.71. The SMILES string of the molecule is Cc1cccc2c3ccccc3n(-c3cc(-c4cccc(C#N)c4)cc(C(F)(F)F)c3-n3c4ccccc4c4cccc(C)c43)c12. The summed E-state index contributed by atoms with van der Waals surface area (Å²) in [5.74, 6) is 0. The molecule has 6 heteroatoms. The van der Waals surface area contributed by atoms with Crippen molar-refractivity contribution in [2.45, 2.75) is 20.0 Å². The molecule has 0 saturated carbocycles. The summed E-state index contributed by atoms with van der Waals surface area (Å²) in [7, 11) is 0. The maximum absolute atomic E-state index is 15.6. The van der Waals surface area contributed by atoms with Gasteiger partial charge in [-0.15, -0.1) is 0 Å². The number of nitrogens with zero attached hydrogens (tertiary/aromatic N) is 3. The van der Waals surface area contributed by atoms with Crippen molar-refractivity contribution < 1.29 is 13.2 Å². The van der Waals surface area contributed by atoms with Crippen LogP contribution in [0.4, 0.5) is 13.2 Å². The van der Waals surface area contributed by atoms with Crippen molar-refractivity contribution in [3.63, 3.8) is 0 Å². The first kappa shape index (κ1) is 27.7. The van der Waals surface area contributed by atoms with Gasteiger partial charge in [-0.2, -0.15) is 18.4 Å². The standard InChI is InChI=1S/C40H26F3N3/c1-24-10-7-16-31-29-14-3-5-18-34(29)45(37(24)31)36-22-28(27-13-9-12-26(20-27)23-44)21-33(40(41,42)43)39(36)46-35-19-6-4-15-30(35)32-17-8-11-25(2)38(32)46/h3-22H,1-2H3. The Hall–Kier alpha value is -5.80. The van der Waals surface area contributed by atoms with Gasteiger partial charge in [0.2, 0.25) is 0 Å². The van der Waals surface area contributed by atoms with E-state index < -0.39 is 11.7 Å². The molecule has 0 aliphatic rings. The highest BCUT2D eigenvalue weighted by atomic mass is 19.4. The topological polar surface area (TPSA) is 33.6 Å². The summed E-state index contributed by atoms with van der Waals surface area (Å²) in [5, 5.41) is 13.3. The second-order valence-electron chi connectivity index (χ2n) is 11.7. The molecule has 0 radical (unpaired) electrons. The van der Waals surface area contributed by atoms with Gasteiger partial charge in [-0.25, -0.2) is 0 Å². The third kappa shape index (κ3) is 4.05. The Bertz CT molecular complexity index is 2560. The van der Waals surface area contributed by atoms with Gasteiger partial charge in [0.15, 0.2) is 0 Å². The van der Waals surface area contributed by atoms with Crippen molar-refractivity contribution in [1.29, 1.82) is 5.26 Å². The average Bonchev–Trinajstić information content (AvgIpc) is 3.58. The van der Waals surface area contributed by atoms with Crippen LogP contribution < -0.4 is 0 Å². The smallest absolute Gasteiger partial charge is 0.307 e. The minimum atomic E-state index is -4.71. The number of fused-ring (bicyclic) bond motifs is 6. The lowest BCUT2D eigenvalue weighted by Gasteiger charge is -2.24. The molecule has 0 aliphatic heterocycles. The van der Waals surface area contributed by atoms with E-state index in [4.69, 9.17) is 0 Å². The van der Waals surface area contributed by atoms with Crippen molar-refractivity contribution >= 4 is 43.6 Å². The van der Waals surface area contributed by atoms with Gasteiger partial charge in [-0.1, -0.05) is 84.9 Å². The number of aromatic nitrogens is 2. The van der Waals surface area contributed by atoms with E-state index in [0.717, 1.165) is 49.2 Å². The molecule has 0 bridgehead atoms. The molecule has 0 unspecified atom stereocenters. The quantitative estimate of drug-likeness (QED) is 0.197. The number of aryl methyl sites for hydroxylation is 2. The molecule has 0 atom stereocenters. The van der Waals surface area contributed by atoms with Crippen molar-refractivity contribution in [3.05, 3.63) is 144 Å². The zero-order valence-corrected chi connectivity index (χ0v) is 25.0. The zero-order chi connectivity index (χ0) is 31.7. The van der Waals surface area contributed by atoms with Crippen LogP contribution in [0.2, 0.25) is 0 Å². The van der Waals surface area contributed by atoms with Crippen molar-refractivity contribution in [1.82, 2.24) is 9.13 Å². The van der Waals surface area contributed by atoms with Gasteiger partial charge in [0.05, 0.1) is 50.6 Å². The van der Waals surface area contributed by atoms with Crippen molar-refractivity contribution in [2.24, 2.45) is 0 Å². The van der Waals surface area contributed by atoms with Crippen LogP contribution in [0.25, 0.3) is 66.1 Å². The van der Waals surface area contributed by atoms with E-state index in [1.807, 2.05) is 109 Å². The Morgan fingerprint density at radius 2 is 1.11 bits per heavy atom. The summed E-state index contributed by atoms with van der Waals surface area (Å²) in [4.78, 5) is 0. The molecule has 0 amide bonds. The van der Waals surface area contributed by atoms with Crippen LogP contribution in [0.3, 0.4) is 0 Å². The molecule has 6 aromatic carbocycles. The molecule has 0 saturated heterocycles. The minimum absolute atomic E-state index is 0.0547. The predicted octanol–water partition coefficient (Wildman–Crippen LogP) is 11.1. The fourth-order valence-electron chi connectivity index (χ4n) is 7.04. The third-order valence-corrected chi connectivity index (χ3v) is 8.98. The van der Waals surface area contributed by atoms with Crippen LogP contribution in [-0.2, 0) is 6.18 Å². The van der Waals surface area contributed by atoms with Crippen molar-refractivity contribution in [2.75, 3.05) is 0 Å². The second kappa shape index (κ2) is 10.1. The fourth-order valence-corrected chi connectivity index (χ4v) is 7.04. The molecule has 2 heterocycles. The molecule has 46 heavy (non-hydrogen) atoms. The number of hydrogen-bond donors (Lipinski definition) is 0. The van der Waals surface area contributed by atoms with Crippen LogP contribution >= 0.6 is 0 Å². The van der Waals surface area contributed by atoms with Gasteiger partial charge in [0.1, 0.15) is 0 Å². The maximum Gasteiger partial charge on any atom is 0.418 e. The fraction of sp³-hybridized carbons (Fsp3) is 0.0750. The Labute approximate surface area is 263 Å². The summed E-state index contributed by atoms with van der Waals surface area (Å²) in [6.45, 7) is 3.93. The Morgan fingerprint density at radius 1 is 0.565 bits per heavy atom. The van der Waals surface area contributed by atoms with Crippen LogP contribution in [0.5, 0.6) is 0 Å². The number of alkyl halides is 3. The highest BCUT2D eigenvalue weighted by Gasteiger charge is 2.38. The summed E-state index contributed by atoms with van der Waals surface area (Å²) < 4.78 is 50.7. The van der Waals surface area contributed by atoms with Crippen LogP contribution in [0.15, 0.2) is 121 Å². The van der Waals surface area contributed by atoms with Crippen molar-refractivity contribution in [3.8, 4) is 28.6 Å². The molecular formula is C40H26F3N3. The molecule has 0 fully saturated rings. The van der Waals surface area contributed by atoms with Gasteiger partial charge in [0.25, 0.3) is 0 Å². The van der Waals surface area contributed by atoms with E-state index in [1.54, 1.807) is 28.8 Å². The lowest BCUT2D eigenvalue weighted by atomic mass is 9.97. The summed E-state index contributed by atoms with van der Waals surface area (Å²) in [5.41, 5.74) is 5.88. The normalized spacial score (nSPS) is 12.0. The predicted molar refractivity (Wildman–Crippen MR) is 180 cm³/mol. The summed E-state index contributed by atoms with van der Waals surface area (Å²) >= 11 is 0. The number of halogens is 3. The van der Waals surface area contributed by atoms with Crippen LogP contribution in [-0.4, -0.2) is 9.13 Å². The highest BCUT2D eigenvalue weighted by molar-refractivity contribution is 6.12. The number of rotatable bonds is 3. The van der Waals surface area contributed by atoms with E-state index in [9.17, 15) is 5.26 Å². The van der Waals surface area contributed by atoms with E-state index in [2.05, 4.69) is 6.07 Å². The van der Waals surface area contributed by atoms with E-state index in [0.29, 0.717) is 27.9 Å². The first-order chi connectivity index (χ1) is 22.3. The van der Waals surface area contributed by atoms with Crippen LogP contribution in [0.1, 0.15) is 22.3 Å². The van der Waals surface area contributed by atoms with E-state index in [-0.39, 0.29) is 5.69 Å². The molecule has 2 aromatic heterocycles. The molecule has 0 aliphatic carbocycles. The summed E-state index contributed by atoms with van der Waals surface area (Å²) in [6, 6.07) is 39.3. The molecule has 3 nitrogen and oxygen atoms in total. The first-order valence-corrected chi connectivity index (χ1v) is 15.0. The number of hydrogen-bond acceptors (Lipinski definition) is 1. The first-order valence-electron chi connectivity index (χ1n) is 15.0. The Kier molecular flexibility index (Phi) is 6.10. The molecule has 8 rings (SSSR count).